The number of benzene rings is 2. The van der Waals surface area contributed by atoms with Crippen molar-refractivity contribution in [1.82, 2.24) is 10.6 Å². The molecule has 180 valence electrons. The number of rotatable bonds is 11. The second-order valence-corrected chi connectivity index (χ2v) is 7.19. The molecule has 0 fully saturated rings. The number of methoxy groups -OCH3 is 2. The van der Waals surface area contributed by atoms with E-state index in [4.69, 9.17) is 9.47 Å². The van der Waals surface area contributed by atoms with Crippen LogP contribution in [0.1, 0.15) is 17.5 Å². The molecule has 9 heteroatoms. The fourth-order valence-corrected chi connectivity index (χ4v) is 2.96. The summed E-state index contributed by atoms with van der Waals surface area (Å²) in [5.74, 6) is -1.91. The highest BCUT2D eigenvalue weighted by molar-refractivity contribution is 5.90. The predicted molar refractivity (Wildman–Crippen MR) is 123 cm³/mol. The molecule has 0 saturated carbocycles. The number of hydrogen-bond acceptors (Lipinski definition) is 7. The van der Waals surface area contributed by atoms with Crippen LogP contribution < -0.4 is 10.6 Å². The minimum atomic E-state index is -1.07. The second kappa shape index (κ2) is 14.1. The molecule has 0 unspecified atom stereocenters. The highest BCUT2D eigenvalue weighted by Gasteiger charge is 2.27. The van der Waals surface area contributed by atoms with E-state index >= 15 is 0 Å². The van der Waals surface area contributed by atoms with Gasteiger partial charge in [0.15, 0.2) is 0 Å². The highest BCUT2D eigenvalue weighted by Crippen LogP contribution is 2.07. The molecule has 0 aromatic heterocycles. The Morgan fingerprint density at radius 3 is 2.03 bits per heavy atom. The van der Waals surface area contributed by atoms with E-state index in [2.05, 4.69) is 15.4 Å². The van der Waals surface area contributed by atoms with Crippen molar-refractivity contribution in [2.75, 3.05) is 14.2 Å². The van der Waals surface area contributed by atoms with Gasteiger partial charge in [0.05, 0.1) is 14.2 Å². The zero-order valence-electron chi connectivity index (χ0n) is 19.1. The van der Waals surface area contributed by atoms with Gasteiger partial charge in [-0.25, -0.2) is 14.4 Å². The SMILES string of the molecule is COC(=O)/C=C/C[C@@H](NC(=O)[C@@H](Cc1ccccc1)NC(=O)OCc1ccccc1)C(=O)OC. The lowest BCUT2D eigenvalue weighted by atomic mass is 10.0. The molecule has 2 atom stereocenters. The van der Waals surface area contributed by atoms with Crippen LogP contribution in [0.2, 0.25) is 0 Å². The standard InChI is InChI=1S/C25H28N2O7/c1-32-22(28)15-9-14-20(24(30)33-2)26-23(29)21(16-18-10-5-3-6-11-18)27-25(31)34-17-19-12-7-4-8-13-19/h3-13,15,20-21H,14,16-17H2,1-2H3,(H,26,29)(H,27,31)/b15-9+/t20-,21-/m1/s1. The van der Waals surface area contributed by atoms with Gasteiger partial charge < -0.3 is 24.8 Å². The predicted octanol–water partition coefficient (Wildman–Crippen LogP) is 2.30. The van der Waals surface area contributed by atoms with Crippen LogP contribution in [0, 0.1) is 0 Å². The molecule has 0 aliphatic carbocycles. The van der Waals surface area contributed by atoms with Gasteiger partial charge in [-0.3, -0.25) is 4.79 Å². The zero-order chi connectivity index (χ0) is 24.8. The zero-order valence-corrected chi connectivity index (χ0v) is 19.1. The van der Waals surface area contributed by atoms with Crippen molar-refractivity contribution in [2.24, 2.45) is 0 Å². The Hall–Kier alpha value is -4.14. The average Bonchev–Trinajstić information content (AvgIpc) is 2.87. The maximum Gasteiger partial charge on any atom is 0.408 e. The molecule has 0 heterocycles. The minimum absolute atomic E-state index is 0.00990. The van der Waals surface area contributed by atoms with Gasteiger partial charge in [0, 0.05) is 12.5 Å². The molecule has 0 saturated heterocycles. The second-order valence-electron chi connectivity index (χ2n) is 7.19. The van der Waals surface area contributed by atoms with Crippen molar-refractivity contribution < 1.29 is 33.4 Å². The smallest absolute Gasteiger partial charge is 0.408 e. The van der Waals surface area contributed by atoms with Crippen molar-refractivity contribution >= 4 is 23.9 Å². The number of amides is 2. The molecule has 0 spiro atoms. The van der Waals surface area contributed by atoms with Gasteiger partial charge in [-0.15, -0.1) is 0 Å². The van der Waals surface area contributed by atoms with Gasteiger partial charge in [-0.1, -0.05) is 66.7 Å². The first-order valence-electron chi connectivity index (χ1n) is 10.6. The van der Waals surface area contributed by atoms with Crippen LogP contribution in [0.15, 0.2) is 72.8 Å². The van der Waals surface area contributed by atoms with Crippen molar-refractivity contribution in [3.8, 4) is 0 Å². The molecule has 2 amide bonds. The van der Waals surface area contributed by atoms with Gasteiger partial charge >= 0.3 is 18.0 Å². The molecule has 0 bridgehead atoms. The number of esters is 2. The van der Waals surface area contributed by atoms with Crippen LogP contribution in [-0.4, -0.2) is 50.2 Å². The van der Waals surface area contributed by atoms with Crippen LogP contribution in [0.3, 0.4) is 0 Å². The highest BCUT2D eigenvalue weighted by atomic mass is 16.5. The Morgan fingerprint density at radius 2 is 1.44 bits per heavy atom. The summed E-state index contributed by atoms with van der Waals surface area (Å²) >= 11 is 0. The Balaban J connectivity index is 2.09. The van der Waals surface area contributed by atoms with E-state index in [0.717, 1.165) is 17.2 Å². The van der Waals surface area contributed by atoms with E-state index in [0.29, 0.717) is 0 Å². The number of nitrogens with one attached hydrogen (secondary N) is 2. The summed E-state index contributed by atoms with van der Waals surface area (Å²) in [5.41, 5.74) is 1.59. The topological polar surface area (TPSA) is 120 Å². The minimum Gasteiger partial charge on any atom is -0.467 e. The largest absolute Gasteiger partial charge is 0.467 e. The van der Waals surface area contributed by atoms with Crippen molar-refractivity contribution in [3.05, 3.63) is 83.9 Å². The summed E-state index contributed by atoms with van der Waals surface area (Å²) in [5, 5.41) is 5.14. The molecule has 34 heavy (non-hydrogen) atoms. The quantitative estimate of drug-likeness (QED) is 0.295. The summed E-state index contributed by atoms with van der Waals surface area (Å²) in [6.07, 6.45) is 1.91. The van der Waals surface area contributed by atoms with Crippen molar-refractivity contribution in [2.45, 2.75) is 31.5 Å². The van der Waals surface area contributed by atoms with E-state index in [1.807, 2.05) is 60.7 Å². The number of alkyl carbamates (subject to hydrolysis) is 1. The molecular weight excluding hydrogens is 440 g/mol. The summed E-state index contributed by atoms with van der Waals surface area (Å²) in [7, 11) is 2.41. The number of ether oxygens (including phenoxy) is 3. The van der Waals surface area contributed by atoms with E-state index in [9.17, 15) is 19.2 Å². The summed E-state index contributed by atoms with van der Waals surface area (Å²) < 4.78 is 14.5. The molecule has 0 aliphatic heterocycles. The fraction of sp³-hybridized carbons (Fsp3) is 0.280. The van der Waals surface area contributed by atoms with E-state index in [1.54, 1.807) is 0 Å². The maximum absolute atomic E-state index is 13.0. The normalized spacial score (nSPS) is 12.3. The molecule has 2 N–H and O–H groups in total. The van der Waals surface area contributed by atoms with Gasteiger partial charge in [0.2, 0.25) is 5.91 Å². The summed E-state index contributed by atoms with van der Waals surface area (Å²) in [4.78, 5) is 48.9. The summed E-state index contributed by atoms with van der Waals surface area (Å²) in [6, 6.07) is 16.1. The van der Waals surface area contributed by atoms with Gasteiger partial charge in [-0.05, 0) is 17.5 Å². The molecule has 2 aromatic carbocycles. The third-order valence-electron chi connectivity index (χ3n) is 4.73. The Labute approximate surface area is 198 Å². The van der Waals surface area contributed by atoms with E-state index in [-0.39, 0.29) is 19.4 Å². The van der Waals surface area contributed by atoms with Crippen LogP contribution >= 0.6 is 0 Å². The van der Waals surface area contributed by atoms with Crippen LogP contribution in [0.4, 0.5) is 4.79 Å². The Bertz CT molecular complexity index is 977. The number of carbonyl (C=O) groups excluding carboxylic acids is 4. The molecule has 2 rings (SSSR count). The molecule has 9 nitrogen and oxygen atoms in total. The van der Waals surface area contributed by atoms with Crippen molar-refractivity contribution in [1.29, 1.82) is 0 Å². The molecule has 0 radical (unpaired) electrons. The molecule has 0 aliphatic rings. The lowest BCUT2D eigenvalue weighted by Crippen LogP contribution is -2.52. The first-order chi connectivity index (χ1) is 16.4. The average molecular weight is 469 g/mol. The first-order valence-corrected chi connectivity index (χ1v) is 10.6. The molecule has 2 aromatic rings. The first kappa shape index (κ1) is 26.1. The fourth-order valence-electron chi connectivity index (χ4n) is 2.96. The van der Waals surface area contributed by atoms with Gasteiger partial charge in [0.1, 0.15) is 18.7 Å². The Morgan fingerprint density at radius 1 is 0.824 bits per heavy atom. The molecular formula is C25H28N2O7. The summed E-state index contributed by atoms with van der Waals surface area (Å²) in [6.45, 7) is 0.0372. The van der Waals surface area contributed by atoms with E-state index in [1.165, 1.54) is 20.3 Å². The maximum atomic E-state index is 13.0. The number of hydrogen-bond donors (Lipinski definition) is 2. The monoisotopic (exact) mass is 468 g/mol. The van der Waals surface area contributed by atoms with Gasteiger partial charge in [0.25, 0.3) is 0 Å². The third kappa shape index (κ3) is 9.15. The van der Waals surface area contributed by atoms with Crippen LogP contribution in [0.5, 0.6) is 0 Å². The lowest BCUT2D eigenvalue weighted by molar-refractivity contribution is -0.145. The lowest BCUT2D eigenvalue weighted by Gasteiger charge is -2.21. The Kier molecular flexibility index (Phi) is 10.8. The third-order valence-corrected chi connectivity index (χ3v) is 4.73. The van der Waals surface area contributed by atoms with Crippen molar-refractivity contribution in [3.63, 3.8) is 0 Å². The van der Waals surface area contributed by atoms with Gasteiger partial charge in [-0.2, -0.15) is 0 Å². The van der Waals surface area contributed by atoms with Crippen LogP contribution in [0.25, 0.3) is 0 Å². The van der Waals surface area contributed by atoms with Crippen LogP contribution in [-0.2, 0) is 41.6 Å². The van der Waals surface area contributed by atoms with E-state index < -0.39 is 36.0 Å². The number of carbonyl (C=O) groups is 4.